The fourth-order valence-electron chi connectivity index (χ4n) is 4.10. The van der Waals surface area contributed by atoms with Gasteiger partial charge in [-0.2, -0.15) is 0 Å². The number of H-pyrrole nitrogens is 1. The average Bonchev–Trinajstić information content (AvgIpc) is 3.36. The van der Waals surface area contributed by atoms with Crippen LogP contribution in [0.15, 0.2) is 46.5 Å². The molecule has 1 fully saturated rings. The molecule has 3 aromatic rings. The fraction of sp³-hybridized carbons (Fsp3) is 0.381. The first kappa shape index (κ1) is 21.3. The fourth-order valence-corrected chi connectivity index (χ4v) is 5.48. The van der Waals surface area contributed by atoms with E-state index in [9.17, 15) is 18.3 Å². The van der Waals surface area contributed by atoms with Crippen molar-refractivity contribution in [3.63, 3.8) is 0 Å². The first-order chi connectivity index (χ1) is 14.8. The van der Waals surface area contributed by atoms with Crippen molar-refractivity contribution in [1.29, 1.82) is 0 Å². The van der Waals surface area contributed by atoms with Gasteiger partial charge in [0, 0.05) is 12.1 Å². The van der Waals surface area contributed by atoms with Crippen molar-refractivity contribution in [2.24, 2.45) is 11.8 Å². The summed E-state index contributed by atoms with van der Waals surface area (Å²) in [5.41, 5.74) is 6.84. The lowest BCUT2D eigenvalue weighted by molar-refractivity contribution is -0.125. The molecule has 2 aromatic heterocycles. The third kappa shape index (κ3) is 4.13. The molecule has 0 radical (unpaired) electrons. The van der Waals surface area contributed by atoms with Crippen molar-refractivity contribution in [3.8, 4) is 0 Å². The predicted molar refractivity (Wildman–Crippen MR) is 115 cm³/mol. The molecule has 0 saturated heterocycles. The largest absolute Gasteiger partial charge is 0.393 e. The first-order valence-corrected chi connectivity index (χ1v) is 11.7. The maximum absolute atomic E-state index is 13.3. The number of hydrazine groups is 1. The molecular formula is C21H25N5O4S. The minimum Gasteiger partial charge on any atom is -0.393 e. The Bertz CT molecular complexity index is 1220. The Morgan fingerprint density at radius 3 is 2.81 bits per heavy atom. The summed E-state index contributed by atoms with van der Waals surface area (Å²) in [5.74, 6) is -0.648. The first-order valence-electron chi connectivity index (χ1n) is 10.2. The van der Waals surface area contributed by atoms with E-state index in [2.05, 4.69) is 25.8 Å². The molecule has 1 amide bonds. The monoisotopic (exact) mass is 443 g/mol. The Hall–Kier alpha value is -2.98. The van der Waals surface area contributed by atoms with Gasteiger partial charge in [-0.05, 0) is 49.4 Å². The summed E-state index contributed by atoms with van der Waals surface area (Å²) in [6.07, 6.45) is 2.84. The molecule has 0 aliphatic heterocycles. The maximum atomic E-state index is 13.3. The number of aromatic amines is 1. The van der Waals surface area contributed by atoms with E-state index in [0.29, 0.717) is 24.0 Å². The lowest BCUT2D eigenvalue weighted by atomic mass is 9.93. The van der Waals surface area contributed by atoms with Crippen LogP contribution in [0.4, 0.5) is 5.82 Å². The third-order valence-electron chi connectivity index (χ3n) is 5.74. The van der Waals surface area contributed by atoms with Crippen LogP contribution in [0, 0.1) is 18.8 Å². The number of fused-ring (bicyclic) bond motifs is 1. The van der Waals surface area contributed by atoms with Crippen LogP contribution in [0.5, 0.6) is 0 Å². The van der Waals surface area contributed by atoms with E-state index in [1.165, 1.54) is 6.07 Å². The van der Waals surface area contributed by atoms with Gasteiger partial charge in [0.15, 0.2) is 11.5 Å². The predicted octanol–water partition coefficient (Wildman–Crippen LogP) is 2.34. The number of aryl methyl sites for hydroxylation is 1. The Labute approximate surface area is 180 Å². The zero-order valence-electron chi connectivity index (χ0n) is 17.3. The summed E-state index contributed by atoms with van der Waals surface area (Å²) >= 11 is 0. The number of benzene rings is 1. The normalized spacial score (nSPS) is 21.3. The second-order valence-corrected chi connectivity index (χ2v) is 9.79. The number of anilines is 1. The van der Waals surface area contributed by atoms with Crippen molar-refractivity contribution in [2.45, 2.75) is 49.1 Å². The molecule has 1 aliphatic carbocycles. The molecule has 0 spiro atoms. The van der Waals surface area contributed by atoms with Gasteiger partial charge >= 0.3 is 0 Å². The van der Waals surface area contributed by atoms with Gasteiger partial charge in [0.1, 0.15) is 5.52 Å². The molecule has 10 heteroatoms. The SMILES string of the molecule is CC[C@@H]1C[C@H](O)C[C@@H]1C(=O)NNc1nc2cc[nH]c2nc1S(=O)(=O)c1cccc(C)c1. The molecule has 1 aliphatic rings. The van der Waals surface area contributed by atoms with Crippen LogP contribution in [0.25, 0.3) is 11.2 Å². The van der Waals surface area contributed by atoms with E-state index in [4.69, 9.17) is 0 Å². The number of aliphatic hydroxyl groups is 1. The molecule has 31 heavy (non-hydrogen) atoms. The Morgan fingerprint density at radius 2 is 2.06 bits per heavy atom. The van der Waals surface area contributed by atoms with Gasteiger partial charge in [-0.1, -0.05) is 25.5 Å². The van der Waals surface area contributed by atoms with Crippen molar-refractivity contribution in [3.05, 3.63) is 42.1 Å². The number of carbonyl (C=O) groups is 1. The van der Waals surface area contributed by atoms with E-state index >= 15 is 0 Å². The molecule has 0 unspecified atom stereocenters. The summed E-state index contributed by atoms with van der Waals surface area (Å²) in [4.78, 5) is 24.3. The van der Waals surface area contributed by atoms with Crippen molar-refractivity contribution in [2.75, 3.05) is 5.43 Å². The van der Waals surface area contributed by atoms with Gasteiger partial charge in [-0.25, -0.2) is 18.4 Å². The molecule has 4 rings (SSSR count). The van der Waals surface area contributed by atoms with Crippen LogP contribution in [0.3, 0.4) is 0 Å². The Morgan fingerprint density at radius 1 is 1.26 bits per heavy atom. The number of amides is 1. The second kappa shape index (κ2) is 8.27. The number of nitrogens with zero attached hydrogens (tertiary/aromatic N) is 2. The lowest BCUT2D eigenvalue weighted by Crippen LogP contribution is -2.37. The van der Waals surface area contributed by atoms with Gasteiger partial charge < -0.3 is 10.1 Å². The summed E-state index contributed by atoms with van der Waals surface area (Å²) in [6, 6.07) is 8.19. The minimum absolute atomic E-state index is 0.0615. The number of sulfone groups is 1. The molecule has 164 valence electrons. The lowest BCUT2D eigenvalue weighted by Gasteiger charge is -2.18. The van der Waals surface area contributed by atoms with Crippen molar-refractivity contribution >= 4 is 32.7 Å². The zero-order valence-corrected chi connectivity index (χ0v) is 18.1. The standard InChI is InChI=1S/C21H25N5O4S/c1-3-13-10-14(27)11-16(13)20(28)26-25-19-21(24-18-17(23-19)7-8-22-18)31(29,30)15-6-4-5-12(2)9-15/h4-9,13-14,16,27H,3,10-11H2,1-2H3,(H,22,24)(H,23,25)(H,26,28)/t13-,14+,16+/m1/s1. The minimum atomic E-state index is -4.00. The molecule has 1 aromatic carbocycles. The number of aromatic nitrogens is 3. The van der Waals surface area contributed by atoms with Crippen molar-refractivity contribution < 1.29 is 18.3 Å². The summed E-state index contributed by atoms with van der Waals surface area (Å²) in [7, 11) is -4.00. The van der Waals surface area contributed by atoms with Crippen LogP contribution in [-0.4, -0.2) is 40.5 Å². The Balaban J connectivity index is 1.67. The van der Waals surface area contributed by atoms with Gasteiger partial charge in [0.25, 0.3) is 0 Å². The summed E-state index contributed by atoms with van der Waals surface area (Å²) in [6.45, 7) is 3.78. The van der Waals surface area contributed by atoms with Crippen LogP contribution in [0.1, 0.15) is 31.7 Å². The number of nitrogens with one attached hydrogen (secondary N) is 3. The number of aliphatic hydroxyl groups excluding tert-OH is 1. The van der Waals surface area contributed by atoms with E-state index in [-0.39, 0.29) is 33.5 Å². The molecule has 2 heterocycles. The van der Waals surface area contributed by atoms with Crippen LogP contribution in [0.2, 0.25) is 0 Å². The van der Waals surface area contributed by atoms with Crippen LogP contribution < -0.4 is 10.9 Å². The number of rotatable bonds is 6. The summed E-state index contributed by atoms with van der Waals surface area (Å²) in [5, 5.41) is 9.64. The molecule has 0 bridgehead atoms. The average molecular weight is 444 g/mol. The highest BCUT2D eigenvalue weighted by molar-refractivity contribution is 7.91. The molecule has 1 saturated carbocycles. The molecular weight excluding hydrogens is 418 g/mol. The van der Waals surface area contributed by atoms with Crippen LogP contribution >= 0.6 is 0 Å². The van der Waals surface area contributed by atoms with Gasteiger partial charge in [0.2, 0.25) is 20.8 Å². The molecule has 9 nitrogen and oxygen atoms in total. The maximum Gasteiger partial charge on any atom is 0.241 e. The van der Waals surface area contributed by atoms with Crippen molar-refractivity contribution in [1.82, 2.24) is 20.4 Å². The second-order valence-electron chi connectivity index (χ2n) is 7.92. The molecule has 4 N–H and O–H groups in total. The van der Waals surface area contributed by atoms with Crippen LogP contribution in [-0.2, 0) is 14.6 Å². The Kier molecular flexibility index (Phi) is 5.67. The number of hydrogen-bond acceptors (Lipinski definition) is 7. The topological polar surface area (TPSA) is 137 Å². The van der Waals surface area contributed by atoms with E-state index in [0.717, 1.165) is 12.0 Å². The quantitative estimate of drug-likeness (QED) is 0.429. The third-order valence-corrected chi connectivity index (χ3v) is 7.41. The molecule has 3 atom stereocenters. The van der Waals surface area contributed by atoms with E-state index < -0.39 is 15.9 Å². The van der Waals surface area contributed by atoms with Gasteiger partial charge in [-0.3, -0.25) is 15.6 Å². The van der Waals surface area contributed by atoms with E-state index in [1.54, 1.807) is 37.4 Å². The van der Waals surface area contributed by atoms with Gasteiger partial charge in [0.05, 0.1) is 11.0 Å². The summed E-state index contributed by atoms with van der Waals surface area (Å²) < 4.78 is 26.6. The number of hydrogen-bond donors (Lipinski definition) is 4. The highest BCUT2D eigenvalue weighted by atomic mass is 32.2. The highest BCUT2D eigenvalue weighted by Crippen LogP contribution is 2.34. The van der Waals surface area contributed by atoms with Gasteiger partial charge in [-0.15, -0.1) is 0 Å². The highest BCUT2D eigenvalue weighted by Gasteiger charge is 2.37. The number of carbonyl (C=O) groups excluding carboxylic acids is 1. The van der Waals surface area contributed by atoms with E-state index in [1.807, 2.05) is 6.92 Å². The smallest absolute Gasteiger partial charge is 0.241 e. The zero-order chi connectivity index (χ0) is 22.2.